The molecule has 0 heterocycles. The largest absolute Gasteiger partial charge is 0.319 e. The van der Waals surface area contributed by atoms with Gasteiger partial charge in [-0.05, 0) is 38.1 Å². The second-order valence-electron chi connectivity index (χ2n) is 4.39. The molecule has 1 N–H and O–H groups in total. The molecule has 1 aliphatic carbocycles. The zero-order valence-corrected chi connectivity index (χ0v) is 8.61. The van der Waals surface area contributed by atoms with Crippen LogP contribution in [0.25, 0.3) is 0 Å². The summed E-state index contributed by atoms with van der Waals surface area (Å²) in [6, 6.07) is 0. The maximum atomic E-state index is 3.26. The molecule has 0 unspecified atom stereocenters. The molecule has 0 aliphatic heterocycles. The Hall–Kier alpha value is -0.300. The van der Waals surface area contributed by atoms with Gasteiger partial charge >= 0.3 is 0 Å². The fourth-order valence-corrected chi connectivity index (χ4v) is 2.01. The molecule has 0 saturated carbocycles. The van der Waals surface area contributed by atoms with Crippen LogP contribution in [-0.4, -0.2) is 13.6 Å². The van der Waals surface area contributed by atoms with E-state index < -0.39 is 0 Å². The van der Waals surface area contributed by atoms with Crippen LogP contribution in [0.15, 0.2) is 11.6 Å². The summed E-state index contributed by atoms with van der Waals surface area (Å²) in [4.78, 5) is 0. The SMILES string of the molecule is CNCC(C)(C)C1=CCCCC1. The van der Waals surface area contributed by atoms with Gasteiger partial charge < -0.3 is 5.32 Å². The van der Waals surface area contributed by atoms with Gasteiger partial charge in [0, 0.05) is 6.54 Å². The first-order valence-corrected chi connectivity index (χ1v) is 5.01. The minimum atomic E-state index is 0.370. The highest BCUT2D eigenvalue weighted by atomic mass is 14.8. The van der Waals surface area contributed by atoms with Crippen molar-refractivity contribution in [3.8, 4) is 0 Å². The van der Waals surface area contributed by atoms with E-state index in [1.807, 2.05) is 7.05 Å². The molecule has 0 aromatic rings. The third-order valence-corrected chi connectivity index (χ3v) is 2.78. The Balaban J connectivity index is 2.59. The normalized spacial score (nSPS) is 19.1. The van der Waals surface area contributed by atoms with Crippen LogP contribution in [0.5, 0.6) is 0 Å². The molecule has 0 fully saturated rings. The molecule has 0 atom stereocenters. The Morgan fingerprint density at radius 1 is 1.42 bits per heavy atom. The number of hydrogen-bond donors (Lipinski definition) is 1. The summed E-state index contributed by atoms with van der Waals surface area (Å²) in [6.07, 6.45) is 7.83. The Labute approximate surface area is 76.2 Å². The van der Waals surface area contributed by atoms with Gasteiger partial charge in [0.25, 0.3) is 0 Å². The lowest BCUT2D eigenvalue weighted by molar-refractivity contribution is 0.397. The van der Waals surface area contributed by atoms with Crippen molar-refractivity contribution < 1.29 is 0 Å². The standard InChI is InChI=1S/C11H21N/c1-11(2,9-12-3)10-7-5-4-6-8-10/h7,12H,4-6,8-9H2,1-3H3. The zero-order chi connectivity index (χ0) is 9.03. The fraction of sp³-hybridized carbons (Fsp3) is 0.818. The molecule has 0 aromatic carbocycles. The fourth-order valence-electron chi connectivity index (χ4n) is 2.01. The van der Waals surface area contributed by atoms with Crippen molar-refractivity contribution in [1.82, 2.24) is 5.32 Å². The van der Waals surface area contributed by atoms with Gasteiger partial charge in [0.1, 0.15) is 0 Å². The number of rotatable bonds is 3. The molecule has 0 bridgehead atoms. The predicted molar refractivity (Wildman–Crippen MR) is 54.3 cm³/mol. The number of nitrogens with one attached hydrogen (secondary N) is 1. The first-order chi connectivity index (χ1) is 5.67. The van der Waals surface area contributed by atoms with E-state index in [9.17, 15) is 0 Å². The number of allylic oxidation sites excluding steroid dienone is 1. The van der Waals surface area contributed by atoms with E-state index in [1.54, 1.807) is 5.57 Å². The minimum Gasteiger partial charge on any atom is -0.319 e. The van der Waals surface area contributed by atoms with Crippen molar-refractivity contribution in [3.05, 3.63) is 11.6 Å². The van der Waals surface area contributed by atoms with Crippen LogP contribution in [0.2, 0.25) is 0 Å². The van der Waals surface area contributed by atoms with Crippen LogP contribution in [0.4, 0.5) is 0 Å². The van der Waals surface area contributed by atoms with Gasteiger partial charge in [-0.3, -0.25) is 0 Å². The quantitative estimate of drug-likeness (QED) is 0.637. The molecule has 1 nitrogen and oxygen atoms in total. The average Bonchev–Trinajstić information content (AvgIpc) is 2.06. The van der Waals surface area contributed by atoms with Gasteiger partial charge in [0.05, 0.1) is 0 Å². The average molecular weight is 167 g/mol. The van der Waals surface area contributed by atoms with E-state index in [4.69, 9.17) is 0 Å². The van der Waals surface area contributed by atoms with Crippen LogP contribution in [0.1, 0.15) is 39.5 Å². The molecular weight excluding hydrogens is 146 g/mol. The maximum Gasteiger partial charge on any atom is 0.00369 e. The summed E-state index contributed by atoms with van der Waals surface area (Å²) < 4.78 is 0. The Morgan fingerprint density at radius 3 is 2.67 bits per heavy atom. The van der Waals surface area contributed by atoms with Gasteiger partial charge in [-0.2, -0.15) is 0 Å². The summed E-state index contributed by atoms with van der Waals surface area (Å²) in [6.45, 7) is 5.76. The second kappa shape index (κ2) is 4.08. The van der Waals surface area contributed by atoms with E-state index in [1.165, 1.54) is 25.7 Å². The first kappa shape index (κ1) is 9.79. The van der Waals surface area contributed by atoms with E-state index in [2.05, 4.69) is 25.2 Å². The van der Waals surface area contributed by atoms with Crippen LogP contribution < -0.4 is 5.32 Å². The molecule has 0 saturated heterocycles. The lowest BCUT2D eigenvalue weighted by atomic mass is 9.78. The summed E-state index contributed by atoms with van der Waals surface area (Å²) in [7, 11) is 2.03. The predicted octanol–water partition coefficient (Wildman–Crippen LogP) is 2.73. The second-order valence-corrected chi connectivity index (χ2v) is 4.39. The van der Waals surface area contributed by atoms with E-state index in [-0.39, 0.29) is 0 Å². The molecular formula is C11H21N. The molecule has 1 aliphatic rings. The Kier molecular flexibility index (Phi) is 3.33. The Morgan fingerprint density at radius 2 is 2.17 bits per heavy atom. The van der Waals surface area contributed by atoms with E-state index >= 15 is 0 Å². The molecule has 0 amide bonds. The molecule has 0 aromatic heterocycles. The van der Waals surface area contributed by atoms with Crippen LogP contribution in [0.3, 0.4) is 0 Å². The van der Waals surface area contributed by atoms with Crippen molar-refractivity contribution in [1.29, 1.82) is 0 Å². The van der Waals surface area contributed by atoms with Crippen molar-refractivity contribution in [2.24, 2.45) is 5.41 Å². The summed E-state index contributed by atoms with van der Waals surface area (Å²) in [5.41, 5.74) is 2.03. The highest BCUT2D eigenvalue weighted by molar-refractivity contribution is 5.14. The van der Waals surface area contributed by atoms with Crippen LogP contribution in [0, 0.1) is 5.41 Å². The minimum absolute atomic E-state index is 0.370. The van der Waals surface area contributed by atoms with Crippen LogP contribution >= 0.6 is 0 Å². The van der Waals surface area contributed by atoms with Gasteiger partial charge in [-0.1, -0.05) is 25.5 Å². The number of hydrogen-bond acceptors (Lipinski definition) is 1. The highest BCUT2D eigenvalue weighted by Crippen LogP contribution is 2.32. The molecule has 0 radical (unpaired) electrons. The third kappa shape index (κ3) is 2.34. The van der Waals surface area contributed by atoms with E-state index in [0.717, 1.165) is 6.54 Å². The van der Waals surface area contributed by atoms with E-state index in [0.29, 0.717) is 5.41 Å². The highest BCUT2D eigenvalue weighted by Gasteiger charge is 2.22. The lowest BCUT2D eigenvalue weighted by Gasteiger charge is -2.30. The van der Waals surface area contributed by atoms with Gasteiger partial charge in [-0.25, -0.2) is 0 Å². The Bertz CT molecular complexity index is 168. The molecule has 1 rings (SSSR count). The van der Waals surface area contributed by atoms with Crippen molar-refractivity contribution >= 4 is 0 Å². The molecule has 1 heteroatoms. The van der Waals surface area contributed by atoms with Gasteiger partial charge in [0.15, 0.2) is 0 Å². The maximum absolute atomic E-state index is 3.26. The van der Waals surface area contributed by atoms with Crippen molar-refractivity contribution in [2.45, 2.75) is 39.5 Å². The van der Waals surface area contributed by atoms with Crippen molar-refractivity contribution in [2.75, 3.05) is 13.6 Å². The van der Waals surface area contributed by atoms with Crippen molar-refractivity contribution in [3.63, 3.8) is 0 Å². The third-order valence-electron chi connectivity index (χ3n) is 2.78. The first-order valence-electron chi connectivity index (χ1n) is 5.01. The van der Waals surface area contributed by atoms with Gasteiger partial charge in [0.2, 0.25) is 0 Å². The lowest BCUT2D eigenvalue weighted by Crippen LogP contribution is -2.29. The van der Waals surface area contributed by atoms with Crippen LogP contribution in [-0.2, 0) is 0 Å². The molecule has 0 spiro atoms. The molecule has 70 valence electrons. The topological polar surface area (TPSA) is 12.0 Å². The molecule has 12 heavy (non-hydrogen) atoms. The summed E-state index contributed by atoms with van der Waals surface area (Å²) in [5, 5.41) is 3.26. The van der Waals surface area contributed by atoms with Gasteiger partial charge in [-0.15, -0.1) is 0 Å². The summed E-state index contributed by atoms with van der Waals surface area (Å²) in [5.74, 6) is 0. The zero-order valence-electron chi connectivity index (χ0n) is 8.61. The summed E-state index contributed by atoms with van der Waals surface area (Å²) >= 11 is 0. The smallest absolute Gasteiger partial charge is 0.00369 e. The monoisotopic (exact) mass is 167 g/mol.